The predicted octanol–water partition coefficient (Wildman–Crippen LogP) is 4.23. The predicted molar refractivity (Wildman–Crippen MR) is 59.7 cm³/mol. The first-order chi connectivity index (χ1) is 6.29. The standard InChI is InChI=1S/C12H13Cl/c1-11(13)7-5-6-10-12-8-3-2-4-9-12/h2-4,6-10H,5H2,1H3/b10-6+,11-7+. The fraction of sp³-hybridized carbons (Fsp3) is 0.167. The maximum absolute atomic E-state index is 5.69. The van der Waals surface area contributed by atoms with Crippen LogP contribution >= 0.6 is 11.6 Å². The summed E-state index contributed by atoms with van der Waals surface area (Å²) in [6, 6.07) is 10.2. The van der Waals surface area contributed by atoms with Gasteiger partial charge < -0.3 is 0 Å². The minimum absolute atomic E-state index is 0.845. The third kappa shape index (κ3) is 4.54. The molecule has 1 rings (SSSR count). The number of hydrogen-bond donors (Lipinski definition) is 0. The van der Waals surface area contributed by atoms with E-state index >= 15 is 0 Å². The zero-order chi connectivity index (χ0) is 9.52. The van der Waals surface area contributed by atoms with E-state index in [9.17, 15) is 0 Å². The Morgan fingerprint density at radius 1 is 1.31 bits per heavy atom. The molecule has 0 unspecified atom stereocenters. The summed E-state index contributed by atoms with van der Waals surface area (Å²) in [4.78, 5) is 0. The second-order valence-corrected chi connectivity index (χ2v) is 3.44. The monoisotopic (exact) mass is 192 g/mol. The molecular weight excluding hydrogens is 180 g/mol. The first kappa shape index (κ1) is 10.1. The highest BCUT2D eigenvalue weighted by molar-refractivity contribution is 6.29. The van der Waals surface area contributed by atoms with E-state index in [0.29, 0.717) is 0 Å². The van der Waals surface area contributed by atoms with Crippen molar-refractivity contribution in [2.24, 2.45) is 0 Å². The van der Waals surface area contributed by atoms with Crippen molar-refractivity contribution in [3.63, 3.8) is 0 Å². The van der Waals surface area contributed by atoms with E-state index in [-0.39, 0.29) is 0 Å². The molecule has 0 saturated carbocycles. The van der Waals surface area contributed by atoms with Crippen LogP contribution in [0.15, 0.2) is 47.5 Å². The highest BCUT2D eigenvalue weighted by Gasteiger charge is 1.81. The van der Waals surface area contributed by atoms with Crippen LogP contribution in [0.4, 0.5) is 0 Å². The Labute approximate surface area is 84.5 Å². The number of allylic oxidation sites excluding steroid dienone is 3. The SMILES string of the molecule is C/C(Cl)=C\C/C=C/c1ccccc1. The summed E-state index contributed by atoms with van der Waals surface area (Å²) >= 11 is 5.69. The van der Waals surface area contributed by atoms with Crippen molar-refractivity contribution < 1.29 is 0 Å². The van der Waals surface area contributed by atoms with Gasteiger partial charge in [-0.2, -0.15) is 0 Å². The molecule has 0 fully saturated rings. The number of halogens is 1. The Morgan fingerprint density at radius 2 is 2.00 bits per heavy atom. The molecule has 0 radical (unpaired) electrons. The lowest BCUT2D eigenvalue weighted by molar-refractivity contribution is 1.37. The molecule has 13 heavy (non-hydrogen) atoms. The van der Waals surface area contributed by atoms with Gasteiger partial charge in [0, 0.05) is 5.03 Å². The molecule has 0 bridgehead atoms. The summed E-state index contributed by atoms with van der Waals surface area (Å²) in [7, 11) is 0. The summed E-state index contributed by atoms with van der Waals surface area (Å²) in [5.74, 6) is 0. The summed E-state index contributed by atoms with van der Waals surface area (Å²) in [6.45, 7) is 1.89. The van der Waals surface area contributed by atoms with Gasteiger partial charge in [-0.25, -0.2) is 0 Å². The largest absolute Gasteiger partial charge is 0.0898 e. The summed E-state index contributed by atoms with van der Waals surface area (Å²) in [5.41, 5.74) is 1.23. The first-order valence-corrected chi connectivity index (χ1v) is 4.70. The maximum Gasteiger partial charge on any atom is 0.0113 e. The van der Waals surface area contributed by atoms with Crippen molar-refractivity contribution in [2.45, 2.75) is 13.3 Å². The highest BCUT2D eigenvalue weighted by Crippen LogP contribution is 2.04. The lowest BCUT2D eigenvalue weighted by atomic mass is 10.2. The van der Waals surface area contributed by atoms with E-state index < -0.39 is 0 Å². The lowest BCUT2D eigenvalue weighted by Gasteiger charge is -1.89. The van der Waals surface area contributed by atoms with Crippen LogP contribution in [0.2, 0.25) is 0 Å². The lowest BCUT2D eigenvalue weighted by Crippen LogP contribution is -1.68. The number of hydrogen-bond acceptors (Lipinski definition) is 0. The highest BCUT2D eigenvalue weighted by atomic mass is 35.5. The fourth-order valence-electron chi connectivity index (χ4n) is 0.999. The minimum Gasteiger partial charge on any atom is -0.0898 e. The van der Waals surface area contributed by atoms with Crippen LogP contribution in [0.1, 0.15) is 18.9 Å². The molecule has 1 aromatic rings. The van der Waals surface area contributed by atoms with Crippen LogP contribution in [0, 0.1) is 0 Å². The van der Waals surface area contributed by atoms with E-state index in [1.807, 2.05) is 31.2 Å². The van der Waals surface area contributed by atoms with Crippen molar-refractivity contribution >= 4 is 17.7 Å². The van der Waals surface area contributed by atoms with Crippen LogP contribution < -0.4 is 0 Å². The zero-order valence-corrected chi connectivity index (χ0v) is 8.46. The van der Waals surface area contributed by atoms with E-state index in [4.69, 9.17) is 11.6 Å². The summed E-state index contributed by atoms with van der Waals surface area (Å²) in [5, 5.41) is 0.845. The molecule has 0 atom stereocenters. The Hall–Kier alpha value is -1.01. The quantitative estimate of drug-likeness (QED) is 0.672. The smallest absolute Gasteiger partial charge is 0.0113 e. The van der Waals surface area contributed by atoms with Gasteiger partial charge in [0.25, 0.3) is 0 Å². The molecular formula is C12H13Cl. The third-order valence-corrected chi connectivity index (χ3v) is 1.80. The van der Waals surface area contributed by atoms with Crippen LogP contribution in [-0.4, -0.2) is 0 Å². The van der Waals surface area contributed by atoms with Gasteiger partial charge in [0.1, 0.15) is 0 Å². The van der Waals surface area contributed by atoms with Crippen LogP contribution in [-0.2, 0) is 0 Å². The number of benzene rings is 1. The maximum atomic E-state index is 5.69. The molecule has 0 aliphatic carbocycles. The average molecular weight is 193 g/mol. The number of rotatable bonds is 3. The Kier molecular flexibility index (Phi) is 4.34. The minimum atomic E-state index is 0.845. The zero-order valence-electron chi connectivity index (χ0n) is 7.70. The van der Waals surface area contributed by atoms with Gasteiger partial charge in [-0.3, -0.25) is 0 Å². The van der Waals surface area contributed by atoms with Gasteiger partial charge in [0.2, 0.25) is 0 Å². The van der Waals surface area contributed by atoms with Gasteiger partial charge in [0.15, 0.2) is 0 Å². The molecule has 0 heterocycles. The van der Waals surface area contributed by atoms with Crippen LogP contribution in [0.25, 0.3) is 6.08 Å². The van der Waals surface area contributed by atoms with Gasteiger partial charge in [0.05, 0.1) is 0 Å². The summed E-state index contributed by atoms with van der Waals surface area (Å²) in [6.07, 6.45) is 7.07. The van der Waals surface area contributed by atoms with Gasteiger partial charge in [-0.05, 0) is 18.9 Å². The molecule has 1 aromatic carbocycles. The molecule has 0 saturated heterocycles. The second-order valence-electron chi connectivity index (χ2n) is 2.84. The Bertz CT molecular complexity index is 292. The molecule has 1 heteroatoms. The van der Waals surface area contributed by atoms with Gasteiger partial charge in [-0.15, -0.1) is 0 Å². The van der Waals surface area contributed by atoms with E-state index in [2.05, 4.69) is 24.3 Å². The average Bonchev–Trinajstić information content (AvgIpc) is 2.14. The molecule has 0 aliphatic rings. The third-order valence-electron chi connectivity index (χ3n) is 1.65. The van der Waals surface area contributed by atoms with Crippen molar-refractivity contribution in [1.29, 1.82) is 0 Å². The molecule has 0 amide bonds. The van der Waals surface area contributed by atoms with E-state index in [0.717, 1.165) is 11.5 Å². The molecule has 0 aliphatic heterocycles. The normalized spacial score (nSPS) is 12.3. The topological polar surface area (TPSA) is 0 Å². The Balaban J connectivity index is 2.46. The van der Waals surface area contributed by atoms with Crippen molar-refractivity contribution in [1.82, 2.24) is 0 Å². The fourth-order valence-corrected chi connectivity index (χ4v) is 1.09. The molecule has 0 spiro atoms. The van der Waals surface area contributed by atoms with E-state index in [1.54, 1.807) is 0 Å². The van der Waals surface area contributed by atoms with Gasteiger partial charge in [-0.1, -0.05) is 60.2 Å². The molecule has 0 nitrogen and oxygen atoms in total. The molecule has 0 aromatic heterocycles. The van der Waals surface area contributed by atoms with Gasteiger partial charge >= 0.3 is 0 Å². The van der Waals surface area contributed by atoms with Crippen molar-refractivity contribution in [2.75, 3.05) is 0 Å². The first-order valence-electron chi connectivity index (χ1n) is 4.33. The molecule has 68 valence electrons. The second kappa shape index (κ2) is 5.60. The molecule has 0 N–H and O–H groups in total. The van der Waals surface area contributed by atoms with Crippen LogP contribution in [0.5, 0.6) is 0 Å². The van der Waals surface area contributed by atoms with Crippen molar-refractivity contribution in [3.05, 3.63) is 53.1 Å². The van der Waals surface area contributed by atoms with Crippen LogP contribution in [0.3, 0.4) is 0 Å². The summed E-state index contributed by atoms with van der Waals surface area (Å²) < 4.78 is 0. The Morgan fingerprint density at radius 3 is 2.62 bits per heavy atom. The van der Waals surface area contributed by atoms with E-state index in [1.165, 1.54) is 5.56 Å². The van der Waals surface area contributed by atoms with Crippen molar-refractivity contribution in [3.8, 4) is 0 Å².